The highest BCUT2D eigenvalue weighted by molar-refractivity contribution is 5.75. The van der Waals surface area contributed by atoms with E-state index in [9.17, 15) is 18.4 Å². The zero-order chi connectivity index (χ0) is 18.4. The summed E-state index contributed by atoms with van der Waals surface area (Å²) in [6.07, 6.45) is 3.53. The lowest BCUT2D eigenvalue weighted by Gasteiger charge is -2.28. The number of nitrogens with one attached hydrogen (secondary N) is 2. The monoisotopic (exact) mass is 354 g/mol. The predicted octanol–water partition coefficient (Wildman–Crippen LogP) is 3.75. The van der Waals surface area contributed by atoms with Crippen molar-refractivity contribution in [1.29, 1.82) is 0 Å². The molecule has 0 aromatic heterocycles. The number of carboxylic acids is 1. The van der Waals surface area contributed by atoms with Crippen LogP contribution >= 0.6 is 0 Å². The molecule has 5 nitrogen and oxygen atoms in total. The standard InChI is InChI=1S/C18H24F2N2O3/c1-2-3-16(14-9-6-12(19)10-15(14)20)22-18(25)21-13-7-4-11(5-8-13)17(23)24/h6,9-11,13,16H,2-5,7-8H2,1H3,(H,23,24)(H2,21,22,25). The second kappa shape index (κ2) is 8.78. The number of hydrogen-bond acceptors (Lipinski definition) is 2. The summed E-state index contributed by atoms with van der Waals surface area (Å²) >= 11 is 0. The molecule has 2 rings (SSSR count). The van der Waals surface area contributed by atoms with Gasteiger partial charge in [0, 0.05) is 17.7 Å². The molecule has 0 spiro atoms. The van der Waals surface area contributed by atoms with Crippen molar-refractivity contribution in [3.05, 3.63) is 35.4 Å². The number of carbonyl (C=O) groups excluding carboxylic acids is 1. The average Bonchev–Trinajstić information content (AvgIpc) is 2.55. The first-order valence-electron chi connectivity index (χ1n) is 8.65. The summed E-state index contributed by atoms with van der Waals surface area (Å²) < 4.78 is 27.1. The summed E-state index contributed by atoms with van der Waals surface area (Å²) in [5, 5.41) is 14.6. The Bertz CT molecular complexity index is 616. The molecular weight excluding hydrogens is 330 g/mol. The van der Waals surface area contributed by atoms with Crippen molar-refractivity contribution in [2.45, 2.75) is 57.5 Å². The highest BCUT2D eigenvalue weighted by atomic mass is 19.1. The lowest BCUT2D eigenvalue weighted by atomic mass is 9.86. The molecule has 0 heterocycles. The van der Waals surface area contributed by atoms with Gasteiger partial charge in [-0.2, -0.15) is 0 Å². The van der Waals surface area contributed by atoms with Crippen LogP contribution in [-0.4, -0.2) is 23.1 Å². The van der Waals surface area contributed by atoms with E-state index in [1.165, 1.54) is 12.1 Å². The van der Waals surface area contributed by atoms with E-state index < -0.39 is 29.7 Å². The summed E-state index contributed by atoms with van der Waals surface area (Å²) in [5.74, 6) is -2.48. The van der Waals surface area contributed by atoms with Crippen molar-refractivity contribution in [1.82, 2.24) is 10.6 Å². The van der Waals surface area contributed by atoms with Crippen LogP contribution in [0.3, 0.4) is 0 Å². The van der Waals surface area contributed by atoms with Crippen LogP contribution in [0.2, 0.25) is 0 Å². The molecule has 3 N–H and O–H groups in total. The number of urea groups is 1. The molecule has 1 aliphatic rings. The lowest BCUT2D eigenvalue weighted by Crippen LogP contribution is -2.45. The first-order chi connectivity index (χ1) is 11.9. The first-order valence-corrected chi connectivity index (χ1v) is 8.65. The third kappa shape index (κ3) is 5.41. The van der Waals surface area contributed by atoms with E-state index in [2.05, 4.69) is 10.6 Å². The zero-order valence-electron chi connectivity index (χ0n) is 14.2. The Balaban J connectivity index is 1.93. The molecule has 0 saturated heterocycles. The zero-order valence-corrected chi connectivity index (χ0v) is 14.2. The molecule has 1 saturated carbocycles. The number of carbonyl (C=O) groups is 2. The van der Waals surface area contributed by atoms with Gasteiger partial charge in [0.2, 0.25) is 0 Å². The van der Waals surface area contributed by atoms with Gasteiger partial charge < -0.3 is 15.7 Å². The van der Waals surface area contributed by atoms with Crippen LogP contribution in [-0.2, 0) is 4.79 Å². The Hall–Kier alpha value is -2.18. The second-order valence-electron chi connectivity index (χ2n) is 6.51. The Kier molecular flexibility index (Phi) is 6.73. The van der Waals surface area contributed by atoms with Crippen molar-refractivity contribution in [2.75, 3.05) is 0 Å². The van der Waals surface area contributed by atoms with Gasteiger partial charge in [0.1, 0.15) is 11.6 Å². The van der Waals surface area contributed by atoms with Crippen molar-refractivity contribution in [2.24, 2.45) is 5.92 Å². The fraction of sp³-hybridized carbons (Fsp3) is 0.556. The quantitative estimate of drug-likeness (QED) is 0.728. The summed E-state index contributed by atoms with van der Waals surface area (Å²) in [4.78, 5) is 23.2. The molecule has 138 valence electrons. The summed E-state index contributed by atoms with van der Waals surface area (Å²) in [5.41, 5.74) is 0.257. The smallest absolute Gasteiger partial charge is 0.315 e. The Morgan fingerprint density at radius 2 is 1.92 bits per heavy atom. The lowest BCUT2D eigenvalue weighted by molar-refractivity contribution is -0.142. The van der Waals surface area contributed by atoms with E-state index in [1.54, 1.807) is 0 Å². The van der Waals surface area contributed by atoms with Gasteiger partial charge in [-0.3, -0.25) is 4.79 Å². The molecule has 1 aromatic rings. The van der Waals surface area contributed by atoms with E-state index in [4.69, 9.17) is 5.11 Å². The van der Waals surface area contributed by atoms with Crippen LogP contribution in [0, 0.1) is 17.6 Å². The number of amides is 2. The minimum Gasteiger partial charge on any atom is -0.481 e. The van der Waals surface area contributed by atoms with Gasteiger partial charge in [-0.15, -0.1) is 0 Å². The average molecular weight is 354 g/mol. The molecule has 1 fully saturated rings. The second-order valence-corrected chi connectivity index (χ2v) is 6.51. The number of rotatable bonds is 6. The number of aliphatic carboxylic acids is 1. The van der Waals surface area contributed by atoms with E-state index in [0.29, 0.717) is 32.1 Å². The van der Waals surface area contributed by atoms with E-state index in [-0.39, 0.29) is 17.5 Å². The van der Waals surface area contributed by atoms with Gasteiger partial charge >= 0.3 is 12.0 Å². The largest absolute Gasteiger partial charge is 0.481 e. The van der Waals surface area contributed by atoms with Crippen LogP contribution in [0.1, 0.15) is 57.1 Å². The number of carboxylic acid groups (broad SMARTS) is 1. The first kappa shape index (κ1) is 19.1. The Morgan fingerprint density at radius 3 is 2.48 bits per heavy atom. The van der Waals surface area contributed by atoms with Gasteiger partial charge in [0.05, 0.1) is 12.0 Å². The maximum absolute atomic E-state index is 14.0. The minimum absolute atomic E-state index is 0.0871. The molecule has 1 unspecified atom stereocenters. The Labute approximate surface area is 145 Å². The molecule has 1 aromatic carbocycles. The molecule has 0 radical (unpaired) electrons. The van der Waals surface area contributed by atoms with Gasteiger partial charge in [-0.25, -0.2) is 13.6 Å². The highest BCUT2D eigenvalue weighted by Gasteiger charge is 2.27. The summed E-state index contributed by atoms with van der Waals surface area (Å²) in [7, 11) is 0. The van der Waals surface area contributed by atoms with Gasteiger partial charge in [0.25, 0.3) is 0 Å². The number of benzene rings is 1. The number of hydrogen-bond donors (Lipinski definition) is 3. The highest BCUT2D eigenvalue weighted by Crippen LogP contribution is 2.25. The molecule has 1 atom stereocenters. The van der Waals surface area contributed by atoms with Crippen molar-refractivity contribution >= 4 is 12.0 Å². The molecule has 1 aliphatic carbocycles. The normalized spacial score (nSPS) is 21.4. The van der Waals surface area contributed by atoms with Crippen LogP contribution in [0.4, 0.5) is 13.6 Å². The fourth-order valence-corrected chi connectivity index (χ4v) is 3.25. The summed E-state index contributed by atoms with van der Waals surface area (Å²) in [6, 6.07) is 2.29. The van der Waals surface area contributed by atoms with Crippen molar-refractivity contribution in [3.8, 4) is 0 Å². The van der Waals surface area contributed by atoms with Gasteiger partial charge in [0.15, 0.2) is 0 Å². The molecule has 7 heteroatoms. The predicted molar refractivity (Wildman–Crippen MR) is 89.1 cm³/mol. The minimum atomic E-state index is -0.794. The van der Waals surface area contributed by atoms with Crippen molar-refractivity contribution in [3.63, 3.8) is 0 Å². The molecule has 0 aliphatic heterocycles. The van der Waals surface area contributed by atoms with Crippen LogP contribution < -0.4 is 10.6 Å². The number of halogens is 2. The van der Waals surface area contributed by atoms with Crippen LogP contribution in [0.25, 0.3) is 0 Å². The Morgan fingerprint density at radius 1 is 1.24 bits per heavy atom. The maximum Gasteiger partial charge on any atom is 0.315 e. The third-order valence-corrected chi connectivity index (χ3v) is 4.63. The van der Waals surface area contributed by atoms with Crippen LogP contribution in [0.5, 0.6) is 0 Å². The fourth-order valence-electron chi connectivity index (χ4n) is 3.25. The molecule has 25 heavy (non-hydrogen) atoms. The summed E-state index contributed by atoms with van der Waals surface area (Å²) in [6.45, 7) is 1.92. The van der Waals surface area contributed by atoms with E-state index in [1.807, 2.05) is 6.92 Å². The topological polar surface area (TPSA) is 78.4 Å². The maximum atomic E-state index is 14.0. The molecule has 2 amide bonds. The van der Waals surface area contributed by atoms with Crippen LogP contribution in [0.15, 0.2) is 18.2 Å². The van der Waals surface area contributed by atoms with Gasteiger partial charge in [-0.1, -0.05) is 19.4 Å². The SMILES string of the molecule is CCCC(NC(=O)NC1CCC(C(=O)O)CC1)c1ccc(F)cc1F. The van der Waals surface area contributed by atoms with Crippen molar-refractivity contribution < 1.29 is 23.5 Å². The van der Waals surface area contributed by atoms with Gasteiger partial charge in [-0.05, 0) is 38.2 Å². The van der Waals surface area contributed by atoms with E-state index >= 15 is 0 Å². The van der Waals surface area contributed by atoms with E-state index in [0.717, 1.165) is 12.5 Å². The molecule has 0 bridgehead atoms. The molecular formula is C18H24F2N2O3. The third-order valence-electron chi connectivity index (χ3n) is 4.63.